The molecule has 2 heterocycles. The summed E-state index contributed by atoms with van der Waals surface area (Å²) < 4.78 is 10.5. The van der Waals surface area contributed by atoms with Gasteiger partial charge in [0, 0.05) is 17.8 Å². The van der Waals surface area contributed by atoms with Gasteiger partial charge < -0.3 is 9.47 Å². The number of nitrogens with zero attached hydrogens (tertiary/aromatic N) is 4. The summed E-state index contributed by atoms with van der Waals surface area (Å²) in [6, 6.07) is 7.23. The number of ether oxygens (including phenoxy) is 2. The minimum Gasteiger partial charge on any atom is -0.497 e. The Kier molecular flexibility index (Phi) is 3.12. The average Bonchev–Trinajstić information content (AvgIpc) is 2.53. The van der Waals surface area contributed by atoms with Gasteiger partial charge in [0.1, 0.15) is 22.5 Å². The molecule has 1 aromatic carbocycles. The molecule has 20 heavy (non-hydrogen) atoms. The summed E-state index contributed by atoms with van der Waals surface area (Å²) in [5, 5.41) is 8.26. The van der Waals surface area contributed by atoms with E-state index in [1.54, 1.807) is 38.7 Å². The van der Waals surface area contributed by atoms with E-state index in [-0.39, 0.29) is 0 Å². The van der Waals surface area contributed by atoms with Crippen LogP contribution in [0.5, 0.6) is 11.5 Å². The van der Waals surface area contributed by atoms with Crippen LogP contribution >= 0.6 is 0 Å². The third-order valence-electron chi connectivity index (χ3n) is 2.87. The summed E-state index contributed by atoms with van der Waals surface area (Å²) in [5.41, 5.74) is 2.18. The molecule has 100 valence electrons. The Balaban J connectivity index is 2.14. The molecular formula is C14H12N4O2. The van der Waals surface area contributed by atoms with Gasteiger partial charge in [0.05, 0.1) is 20.4 Å². The lowest BCUT2D eigenvalue weighted by Gasteiger charge is -2.07. The summed E-state index contributed by atoms with van der Waals surface area (Å²) in [5.74, 6) is 1.85. The molecule has 6 heteroatoms. The molecular weight excluding hydrogens is 256 g/mol. The molecule has 2 aromatic heterocycles. The van der Waals surface area contributed by atoms with Crippen LogP contribution in [0.2, 0.25) is 0 Å². The standard InChI is InChI=1S/C14H12N4O2/c1-19-10-5-9(6-11(7-10)20-2)14-16-13-8-15-4-3-12(13)17-18-14/h3-8H,1-2H3. The molecule has 0 amide bonds. The topological polar surface area (TPSA) is 70.0 Å². The smallest absolute Gasteiger partial charge is 0.182 e. The predicted molar refractivity (Wildman–Crippen MR) is 73.7 cm³/mol. The summed E-state index contributed by atoms with van der Waals surface area (Å²) in [7, 11) is 3.20. The molecule has 0 atom stereocenters. The minimum atomic E-state index is 0.503. The van der Waals surface area contributed by atoms with Crippen molar-refractivity contribution in [1.29, 1.82) is 0 Å². The second-order valence-corrected chi connectivity index (χ2v) is 4.10. The van der Waals surface area contributed by atoms with Crippen molar-refractivity contribution in [3.8, 4) is 22.9 Å². The molecule has 0 aliphatic rings. The van der Waals surface area contributed by atoms with Crippen molar-refractivity contribution in [1.82, 2.24) is 20.2 Å². The number of rotatable bonds is 3. The van der Waals surface area contributed by atoms with E-state index >= 15 is 0 Å². The lowest BCUT2D eigenvalue weighted by molar-refractivity contribution is 0.394. The van der Waals surface area contributed by atoms with Crippen molar-refractivity contribution in [2.75, 3.05) is 14.2 Å². The highest BCUT2D eigenvalue weighted by Gasteiger charge is 2.08. The summed E-state index contributed by atoms with van der Waals surface area (Å²) in [6.45, 7) is 0. The molecule has 0 N–H and O–H groups in total. The van der Waals surface area contributed by atoms with E-state index in [0.29, 0.717) is 28.4 Å². The zero-order valence-electron chi connectivity index (χ0n) is 11.1. The van der Waals surface area contributed by atoms with Gasteiger partial charge in [-0.15, -0.1) is 10.2 Å². The number of hydrogen-bond donors (Lipinski definition) is 0. The fraction of sp³-hybridized carbons (Fsp3) is 0.143. The first-order valence-corrected chi connectivity index (χ1v) is 5.98. The number of fused-ring (bicyclic) bond motifs is 1. The van der Waals surface area contributed by atoms with Gasteiger partial charge in [-0.05, 0) is 18.2 Å². The van der Waals surface area contributed by atoms with E-state index in [2.05, 4.69) is 20.2 Å². The van der Waals surface area contributed by atoms with E-state index in [0.717, 1.165) is 5.56 Å². The van der Waals surface area contributed by atoms with Gasteiger partial charge in [0.2, 0.25) is 0 Å². The molecule has 6 nitrogen and oxygen atoms in total. The molecule has 0 aliphatic heterocycles. The highest BCUT2D eigenvalue weighted by Crippen LogP contribution is 2.27. The number of benzene rings is 1. The number of pyridine rings is 1. The van der Waals surface area contributed by atoms with E-state index in [1.807, 2.05) is 12.1 Å². The van der Waals surface area contributed by atoms with Crippen LogP contribution in [0.1, 0.15) is 0 Å². The van der Waals surface area contributed by atoms with Gasteiger partial charge in [-0.3, -0.25) is 4.98 Å². The molecule has 0 aliphatic carbocycles. The van der Waals surface area contributed by atoms with Crippen molar-refractivity contribution in [3.63, 3.8) is 0 Å². The van der Waals surface area contributed by atoms with E-state index < -0.39 is 0 Å². The fourth-order valence-electron chi connectivity index (χ4n) is 1.85. The van der Waals surface area contributed by atoms with E-state index in [9.17, 15) is 0 Å². The van der Waals surface area contributed by atoms with Crippen LogP contribution in [0.3, 0.4) is 0 Å². The Bertz CT molecular complexity index is 739. The van der Waals surface area contributed by atoms with Crippen LogP contribution in [0.15, 0.2) is 36.7 Å². The summed E-state index contributed by atoms with van der Waals surface area (Å²) >= 11 is 0. The van der Waals surface area contributed by atoms with Crippen LogP contribution in [-0.4, -0.2) is 34.4 Å². The SMILES string of the molecule is COc1cc(OC)cc(-c2nnc3ccncc3n2)c1. The molecule has 0 spiro atoms. The van der Waals surface area contributed by atoms with E-state index in [1.165, 1.54) is 0 Å². The van der Waals surface area contributed by atoms with Gasteiger partial charge in [0.25, 0.3) is 0 Å². The van der Waals surface area contributed by atoms with Crippen LogP contribution in [0.4, 0.5) is 0 Å². The average molecular weight is 268 g/mol. The number of methoxy groups -OCH3 is 2. The number of aromatic nitrogens is 4. The molecule has 0 bridgehead atoms. The predicted octanol–water partition coefficient (Wildman–Crippen LogP) is 2.10. The molecule has 0 saturated carbocycles. The molecule has 0 saturated heterocycles. The first-order chi connectivity index (χ1) is 9.80. The molecule has 3 aromatic rings. The summed E-state index contributed by atoms with van der Waals surface area (Å²) in [6.07, 6.45) is 3.32. The molecule has 0 unspecified atom stereocenters. The van der Waals surface area contributed by atoms with Gasteiger partial charge in [-0.2, -0.15) is 0 Å². The lowest BCUT2D eigenvalue weighted by atomic mass is 10.2. The summed E-state index contributed by atoms with van der Waals surface area (Å²) in [4.78, 5) is 8.48. The Morgan fingerprint density at radius 2 is 1.65 bits per heavy atom. The monoisotopic (exact) mass is 268 g/mol. The Morgan fingerprint density at radius 1 is 0.900 bits per heavy atom. The Morgan fingerprint density at radius 3 is 2.35 bits per heavy atom. The van der Waals surface area contributed by atoms with Gasteiger partial charge >= 0.3 is 0 Å². The second-order valence-electron chi connectivity index (χ2n) is 4.10. The maximum atomic E-state index is 5.24. The zero-order chi connectivity index (χ0) is 13.9. The van der Waals surface area contributed by atoms with Crippen molar-refractivity contribution >= 4 is 11.0 Å². The molecule has 3 rings (SSSR count). The van der Waals surface area contributed by atoms with Crippen molar-refractivity contribution < 1.29 is 9.47 Å². The highest BCUT2D eigenvalue weighted by atomic mass is 16.5. The van der Waals surface area contributed by atoms with Crippen LogP contribution in [0, 0.1) is 0 Å². The van der Waals surface area contributed by atoms with E-state index in [4.69, 9.17) is 9.47 Å². The van der Waals surface area contributed by atoms with Crippen molar-refractivity contribution in [2.24, 2.45) is 0 Å². The quantitative estimate of drug-likeness (QED) is 0.724. The Labute approximate surface area is 115 Å². The van der Waals surface area contributed by atoms with Gasteiger partial charge in [0.15, 0.2) is 5.82 Å². The highest BCUT2D eigenvalue weighted by molar-refractivity contribution is 5.74. The number of hydrogen-bond acceptors (Lipinski definition) is 6. The lowest BCUT2D eigenvalue weighted by Crippen LogP contribution is -1.96. The minimum absolute atomic E-state index is 0.503. The normalized spacial score (nSPS) is 10.5. The van der Waals surface area contributed by atoms with Gasteiger partial charge in [-0.25, -0.2) is 4.98 Å². The first-order valence-electron chi connectivity index (χ1n) is 5.98. The van der Waals surface area contributed by atoms with Crippen LogP contribution in [-0.2, 0) is 0 Å². The second kappa shape index (κ2) is 5.08. The maximum absolute atomic E-state index is 5.24. The van der Waals surface area contributed by atoms with Gasteiger partial charge in [-0.1, -0.05) is 0 Å². The fourth-order valence-corrected chi connectivity index (χ4v) is 1.85. The zero-order valence-corrected chi connectivity index (χ0v) is 11.1. The first kappa shape index (κ1) is 12.3. The van der Waals surface area contributed by atoms with Crippen molar-refractivity contribution in [2.45, 2.75) is 0 Å². The third kappa shape index (κ3) is 2.23. The third-order valence-corrected chi connectivity index (χ3v) is 2.87. The van der Waals surface area contributed by atoms with Crippen LogP contribution in [0.25, 0.3) is 22.4 Å². The molecule has 0 radical (unpaired) electrons. The maximum Gasteiger partial charge on any atom is 0.182 e. The van der Waals surface area contributed by atoms with Crippen molar-refractivity contribution in [3.05, 3.63) is 36.7 Å². The largest absolute Gasteiger partial charge is 0.497 e. The Hall–Kier alpha value is -2.76. The molecule has 0 fully saturated rings. The van der Waals surface area contributed by atoms with Crippen LogP contribution < -0.4 is 9.47 Å².